The van der Waals surface area contributed by atoms with Crippen LogP contribution in [-0.4, -0.2) is 9.55 Å². The number of rotatable bonds is 2. The lowest BCUT2D eigenvalue weighted by Gasteiger charge is -2.09. The van der Waals surface area contributed by atoms with Gasteiger partial charge in [-0.25, -0.2) is 9.37 Å². The summed E-state index contributed by atoms with van der Waals surface area (Å²) in [6.07, 6.45) is 0. The van der Waals surface area contributed by atoms with E-state index in [9.17, 15) is 4.39 Å². The fourth-order valence-corrected chi connectivity index (χ4v) is 3.00. The summed E-state index contributed by atoms with van der Waals surface area (Å²) in [5, 5.41) is 0. The molecule has 0 atom stereocenters. The van der Waals surface area contributed by atoms with Crippen molar-refractivity contribution in [3.63, 3.8) is 0 Å². The molecular weight excluding hydrogens is 410 g/mol. The molecule has 102 valence electrons. The van der Waals surface area contributed by atoms with Gasteiger partial charge in [-0.05, 0) is 52.3 Å². The number of halogens is 4. The number of nitrogens with zero attached hydrogens (tertiary/aromatic N) is 2. The van der Waals surface area contributed by atoms with Crippen LogP contribution in [0.4, 0.5) is 4.39 Å². The number of hydrogen-bond donors (Lipinski definition) is 0. The van der Waals surface area contributed by atoms with Crippen LogP contribution in [0.25, 0.3) is 16.7 Å². The molecule has 1 heterocycles. The van der Waals surface area contributed by atoms with Crippen molar-refractivity contribution in [1.82, 2.24) is 9.55 Å². The van der Waals surface area contributed by atoms with Gasteiger partial charge in [-0.3, -0.25) is 4.57 Å². The molecule has 0 amide bonds. The van der Waals surface area contributed by atoms with Crippen molar-refractivity contribution in [2.45, 2.75) is 5.88 Å². The average Bonchev–Trinajstić information content (AvgIpc) is 2.79. The van der Waals surface area contributed by atoms with Crippen LogP contribution in [-0.2, 0) is 5.88 Å². The smallest absolute Gasteiger partial charge is 0.137 e. The molecule has 0 aliphatic heterocycles. The Kier molecular flexibility index (Phi) is 3.84. The van der Waals surface area contributed by atoms with E-state index in [-0.39, 0.29) is 11.7 Å². The van der Waals surface area contributed by atoms with Gasteiger partial charge in [0.25, 0.3) is 0 Å². The van der Waals surface area contributed by atoms with Gasteiger partial charge in [-0.2, -0.15) is 0 Å². The summed E-state index contributed by atoms with van der Waals surface area (Å²) < 4.78 is 16.7. The highest BCUT2D eigenvalue weighted by Crippen LogP contribution is 2.27. The Balaban J connectivity index is 2.32. The second-order valence-electron chi connectivity index (χ2n) is 4.23. The van der Waals surface area contributed by atoms with E-state index in [1.807, 2.05) is 22.8 Å². The molecule has 0 aliphatic rings. The maximum absolute atomic E-state index is 13.4. The largest absolute Gasteiger partial charge is 0.295 e. The van der Waals surface area contributed by atoms with E-state index in [0.717, 1.165) is 27.0 Å². The van der Waals surface area contributed by atoms with Crippen molar-refractivity contribution in [2.24, 2.45) is 0 Å². The molecule has 6 heteroatoms. The standard InChI is InChI=1S/C14H8Br2ClFN2/c15-8-1-4-12-13(5-8)20(14(7-17)19-12)9-2-3-11(18)10(16)6-9/h1-6H,7H2. The average molecular weight is 418 g/mol. The molecule has 0 bridgehead atoms. The fraction of sp³-hybridized carbons (Fsp3) is 0.0714. The summed E-state index contributed by atoms with van der Waals surface area (Å²) >= 11 is 12.6. The predicted molar refractivity (Wildman–Crippen MR) is 86.0 cm³/mol. The van der Waals surface area contributed by atoms with Crippen LogP contribution >= 0.6 is 43.5 Å². The van der Waals surface area contributed by atoms with Crippen LogP contribution in [0.3, 0.4) is 0 Å². The van der Waals surface area contributed by atoms with Gasteiger partial charge in [-0.15, -0.1) is 11.6 Å². The van der Waals surface area contributed by atoms with Gasteiger partial charge < -0.3 is 0 Å². The molecule has 1 aromatic heterocycles. The molecule has 2 nitrogen and oxygen atoms in total. The lowest BCUT2D eigenvalue weighted by molar-refractivity contribution is 0.620. The summed E-state index contributed by atoms with van der Waals surface area (Å²) in [6.45, 7) is 0. The highest BCUT2D eigenvalue weighted by atomic mass is 79.9. The van der Waals surface area contributed by atoms with E-state index in [1.54, 1.807) is 12.1 Å². The van der Waals surface area contributed by atoms with Crippen LogP contribution in [0.1, 0.15) is 5.82 Å². The summed E-state index contributed by atoms with van der Waals surface area (Å²) in [6, 6.07) is 10.7. The number of alkyl halides is 1. The van der Waals surface area contributed by atoms with Crippen molar-refractivity contribution in [1.29, 1.82) is 0 Å². The van der Waals surface area contributed by atoms with Gasteiger partial charge in [0.15, 0.2) is 0 Å². The predicted octanol–water partition coefficient (Wildman–Crippen LogP) is 5.43. The third kappa shape index (κ3) is 2.38. The third-order valence-corrected chi connectivity index (χ3v) is 4.31. The van der Waals surface area contributed by atoms with E-state index < -0.39 is 0 Å². The summed E-state index contributed by atoms with van der Waals surface area (Å²) in [4.78, 5) is 4.50. The van der Waals surface area contributed by atoms with Crippen molar-refractivity contribution < 1.29 is 4.39 Å². The molecule has 0 saturated heterocycles. The molecular formula is C14H8Br2ClFN2. The molecule has 20 heavy (non-hydrogen) atoms. The second kappa shape index (κ2) is 5.47. The first-order valence-corrected chi connectivity index (χ1v) is 7.90. The molecule has 0 spiro atoms. The number of hydrogen-bond acceptors (Lipinski definition) is 1. The van der Waals surface area contributed by atoms with Gasteiger partial charge in [0, 0.05) is 10.2 Å². The Labute approximate surface area is 136 Å². The highest BCUT2D eigenvalue weighted by Gasteiger charge is 2.13. The molecule has 0 aliphatic carbocycles. The van der Waals surface area contributed by atoms with Crippen LogP contribution in [0, 0.1) is 5.82 Å². The first-order chi connectivity index (χ1) is 9.60. The zero-order valence-electron chi connectivity index (χ0n) is 10.1. The minimum absolute atomic E-state index is 0.279. The van der Waals surface area contributed by atoms with Crippen molar-refractivity contribution >= 4 is 54.5 Å². The molecule has 3 aromatic rings. The van der Waals surface area contributed by atoms with Crippen LogP contribution < -0.4 is 0 Å². The molecule has 0 saturated carbocycles. The lowest BCUT2D eigenvalue weighted by atomic mass is 10.2. The number of fused-ring (bicyclic) bond motifs is 1. The van der Waals surface area contributed by atoms with Crippen LogP contribution in [0.2, 0.25) is 0 Å². The first-order valence-electron chi connectivity index (χ1n) is 5.78. The van der Waals surface area contributed by atoms with E-state index >= 15 is 0 Å². The maximum atomic E-state index is 13.4. The molecule has 0 N–H and O–H groups in total. The monoisotopic (exact) mass is 416 g/mol. The number of aromatic nitrogens is 2. The minimum Gasteiger partial charge on any atom is -0.295 e. The number of benzene rings is 2. The van der Waals surface area contributed by atoms with Gasteiger partial charge in [-0.1, -0.05) is 15.9 Å². The van der Waals surface area contributed by atoms with Gasteiger partial charge in [0.1, 0.15) is 11.6 Å². The van der Waals surface area contributed by atoms with Crippen molar-refractivity contribution in [2.75, 3.05) is 0 Å². The molecule has 3 rings (SSSR count). The maximum Gasteiger partial charge on any atom is 0.137 e. The lowest BCUT2D eigenvalue weighted by Crippen LogP contribution is -1.99. The van der Waals surface area contributed by atoms with Gasteiger partial charge >= 0.3 is 0 Å². The summed E-state index contributed by atoms with van der Waals surface area (Å²) in [5.41, 5.74) is 2.59. The second-order valence-corrected chi connectivity index (χ2v) is 6.27. The Morgan fingerprint density at radius 3 is 2.65 bits per heavy atom. The van der Waals surface area contributed by atoms with Gasteiger partial charge in [0.05, 0.1) is 21.4 Å². The van der Waals surface area contributed by atoms with Crippen molar-refractivity contribution in [3.05, 3.63) is 57.0 Å². The number of imidazole rings is 1. The Morgan fingerprint density at radius 2 is 1.95 bits per heavy atom. The van der Waals surface area contributed by atoms with E-state index in [2.05, 4.69) is 36.8 Å². The van der Waals surface area contributed by atoms with Crippen LogP contribution in [0.5, 0.6) is 0 Å². The summed E-state index contributed by atoms with van der Waals surface area (Å²) in [5.74, 6) is 0.700. The zero-order valence-corrected chi connectivity index (χ0v) is 14.0. The molecule has 2 aromatic carbocycles. The normalized spacial score (nSPS) is 11.2. The van der Waals surface area contributed by atoms with E-state index in [0.29, 0.717) is 4.47 Å². The van der Waals surface area contributed by atoms with Crippen molar-refractivity contribution in [3.8, 4) is 5.69 Å². The summed E-state index contributed by atoms with van der Waals surface area (Å²) in [7, 11) is 0. The van der Waals surface area contributed by atoms with E-state index in [1.165, 1.54) is 6.07 Å². The topological polar surface area (TPSA) is 17.8 Å². The SMILES string of the molecule is Fc1ccc(-n2c(CCl)nc3ccc(Br)cc32)cc1Br. The quantitative estimate of drug-likeness (QED) is 0.508. The first kappa shape index (κ1) is 14.0. The molecule has 0 unspecified atom stereocenters. The molecule has 0 radical (unpaired) electrons. The zero-order chi connectivity index (χ0) is 14.3. The highest BCUT2D eigenvalue weighted by molar-refractivity contribution is 9.10. The Hall–Kier alpha value is -0.910. The minimum atomic E-state index is -0.299. The third-order valence-electron chi connectivity index (χ3n) is 2.97. The van der Waals surface area contributed by atoms with Gasteiger partial charge in [0.2, 0.25) is 0 Å². The Bertz CT molecular complexity index is 801. The Morgan fingerprint density at radius 1 is 1.15 bits per heavy atom. The molecule has 0 fully saturated rings. The van der Waals surface area contributed by atoms with E-state index in [4.69, 9.17) is 11.6 Å². The fourth-order valence-electron chi connectivity index (χ4n) is 2.10. The van der Waals surface area contributed by atoms with Crippen LogP contribution in [0.15, 0.2) is 45.3 Å².